The summed E-state index contributed by atoms with van der Waals surface area (Å²) in [5.74, 6) is -0.162. The van der Waals surface area contributed by atoms with Crippen LogP contribution in [0.5, 0.6) is 0 Å². The monoisotopic (exact) mass is 182 g/mol. The van der Waals surface area contributed by atoms with Crippen LogP contribution >= 0.6 is 0 Å². The van der Waals surface area contributed by atoms with Crippen LogP contribution in [-0.2, 0) is 11.2 Å². The van der Waals surface area contributed by atoms with Crippen LogP contribution in [0.2, 0.25) is 0 Å². The van der Waals surface area contributed by atoms with Crippen LogP contribution in [0, 0.1) is 10.1 Å². The van der Waals surface area contributed by atoms with E-state index < -0.39 is 4.92 Å². The number of nitrogens with one attached hydrogen (secondary N) is 1. The molecule has 1 rings (SSSR count). The van der Waals surface area contributed by atoms with Crippen molar-refractivity contribution in [3.05, 3.63) is 21.9 Å². The van der Waals surface area contributed by atoms with Gasteiger partial charge in [-0.2, -0.15) is 0 Å². The Morgan fingerprint density at radius 3 is 3.08 bits per heavy atom. The van der Waals surface area contributed by atoms with Gasteiger partial charge in [-0.15, -0.1) is 5.10 Å². The standard InChI is InChI=1S/C6H6N4O3/c11-4-7-2-1-5-3-6(9-8-5)10(12)13/h3H,1-2H2,(H,8,9). The molecule has 0 saturated heterocycles. The second kappa shape index (κ2) is 4.13. The Bertz CT molecular complexity index is 353. The predicted molar refractivity (Wildman–Crippen MR) is 41.9 cm³/mol. The Labute approximate surface area is 72.6 Å². The lowest BCUT2D eigenvalue weighted by Gasteiger charge is -1.85. The number of nitro groups is 1. The molecule has 68 valence electrons. The molecule has 7 nitrogen and oxygen atoms in total. The number of hydrogen-bond acceptors (Lipinski definition) is 5. The summed E-state index contributed by atoms with van der Waals surface area (Å²) in [5, 5.41) is 16.1. The van der Waals surface area contributed by atoms with Crippen LogP contribution in [0.25, 0.3) is 0 Å². The summed E-state index contributed by atoms with van der Waals surface area (Å²) in [7, 11) is 0. The number of hydrogen-bond donors (Lipinski definition) is 1. The molecule has 0 fully saturated rings. The van der Waals surface area contributed by atoms with Crippen LogP contribution in [0.15, 0.2) is 11.1 Å². The van der Waals surface area contributed by atoms with Gasteiger partial charge < -0.3 is 10.1 Å². The summed E-state index contributed by atoms with van der Waals surface area (Å²) >= 11 is 0. The molecule has 0 aromatic carbocycles. The first-order valence-electron chi connectivity index (χ1n) is 3.46. The van der Waals surface area contributed by atoms with Crippen LogP contribution in [-0.4, -0.2) is 27.7 Å². The maximum absolute atomic E-state index is 10.2. The van der Waals surface area contributed by atoms with Crippen LogP contribution in [0.3, 0.4) is 0 Å². The van der Waals surface area contributed by atoms with Crippen molar-refractivity contribution in [2.24, 2.45) is 4.99 Å². The van der Waals surface area contributed by atoms with Crippen LogP contribution in [0.1, 0.15) is 5.69 Å². The summed E-state index contributed by atoms with van der Waals surface area (Å²) in [5.41, 5.74) is 0.505. The highest BCUT2D eigenvalue weighted by Gasteiger charge is 2.08. The maximum Gasteiger partial charge on any atom is 0.342 e. The molecule has 13 heavy (non-hydrogen) atoms. The number of carbonyl (C=O) groups excluding carboxylic acids is 1. The zero-order valence-corrected chi connectivity index (χ0v) is 6.56. The summed E-state index contributed by atoms with van der Waals surface area (Å²) in [4.78, 5) is 22.6. The molecule has 0 aliphatic rings. The molecule has 1 aromatic rings. The number of H-pyrrole nitrogens is 1. The third-order valence-electron chi connectivity index (χ3n) is 1.36. The third-order valence-corrected chi connectivity index (χ3v) is 1.36. The number of aliphatic imine (C=N–C) groups is 1. The second-order valence-electron chi connectivity index (χ2n) is 2.22. The van der Waals surface area contributed by atoms with Gasteiger partial charge >= 0.3 is 5.82 Å². The Morgan fingerprint density at radius 2 is 2.54 bits per heavy atom. The number of isocyanates is 1. The van der Waals surface area contributed by atoms with Gasteiger partial charge in [0.1, 0.15) is 0 Å². The average molecular weight is 182 g/mol. The molecule has 1 N–H and O–H groups in total. The van der Waals surface area contributed by atoms with E-state index >= 15 is 0 Å². The molecule has 0 aliphatic carbocycles. The zero-order valence-electron chi connectivity index (χ0n) is 6.56. The van der Waals surface area contributed by atoms with E-state index in [2.05, 4.69) is 15.2 Å². The quantitative estimate of drug-likeness (QED) is 0.311. The first kappa shape index (κ1) is 9.08. The van der Waals surface area contributed by atoms with Gasteiger partial charge in [0, 0.05) is 6.42 Å². The number of rotatable bonds is 4. The molecule has 0 spiro atoms. The van der Waals surface area contributed by atoms with Gasteiger partial charge in [-0.1, -0.05) is 5.10 Å². The topological polar surface area (TPSA) is 101 Å². The van der Waals surface area contributed by atoms with Gasteiger partial charge in [-0.25, -0.2) is 9.79 Å². The second-order valence-corrected chi connectivity index (χ2v) is 2.22. The third kappa shape index (κ3) is 2.49. The first-order chi connectivity index (χ1) is 6.24. The van der Waals surface area contributed by atoms with Crippen molar-refractivity contribution in [1.29, 1.82) is 0 Å². The molecule has 0 atom stereocenters. The van der Waals surface area contributed by atoms with E-state index in [4.69, 9.17) is 0 Å². The highest BCUT2D eigenvalue weighted by molar-refractivity contribution is 5.33. The lowest BCUT2D eigenvalue weighted by atomic mass is 10.3. The Hall–Kier alpha value is -2.01. The van der Waals surface area contributed by atoms with Crippen molar-refractivity contribution in [2.75, 3.05) is 6.54 Å². The fourth-order valence-corrected chi connectivity index (χ4v) is 0.789. The average Bonchev–Trinajstić information content (AvgIpc) is 2.53. The minimum Gasteiger partial charge on any atom is -0.358 e. The molecule has 0 unspecified atom stereocenters. The fourth-order valence-electron chi connectivity index (χ4n) is 0.789. The Morgan fingerprint density at radius 1 is 1.77 bits per heavy atom. The van der Waals surface area contributed by atoms with Gasteiger partial charge in [0.25, 0.3) is 0 Å². The predicted octanol–water partition coefficient (Wildman–Crippen LogP) is 0.196. The summed E-state index contributed by atoms with van der Waals surface area (Å²) < 4.78 is 0. The van der Waals surface area contributed by atoms with Gasteiger partial charge in [0.15, 0.2) is 0 Å². The summed E-state index contributed by atoms with van der Waals surface area (Å²) in [6.45, 7) is 0.242. The summed E-state index contributed by atoms with van der Waals surface area (Å²) in [6.07, 6.45) is 1.76. The van der Waals surface area contributed by atoms with E-state index in [1.54, 1.807) is 0 Å². The fraction of sp³-hybridized carbons (Fsp3) is 0.333. The molecule has 0 bridgehead atoms. The zero-order chi connectivity index (χ0) is 9.68. The van der Waals surface area contributed by atoms with Crippen molar-refractivity contribution in [3.63, 3.8) is 0 Å². The van der Waals surface area contributed by atoms with E-state index in [1.165, 1.54) is 12.1 Å². The molecule has 0 saturated carbocycles. The van der Waals surface area contributed by atoms with E-state index in [1.807, 2.05) is 0 Å². The molecular weight excluding hydrogens is 176 g/mol. The minimum atomic E-state index is -0.570. The van der Waals surface area contributed by atoms with Crippen molar-refractivity contribution >= 4 is 11.9 Å². The molecule has 0 aliphatic heterocycles. The Kier molecular flexibility index (Phi) is 2.88. The highest BCUT2D eigenvalue weighted by Crippen LogP contribution is 2.07. The van der Waals surface area contributed by atoms with Crippen molar-refractivity contribution in [3.8, 4) is 0 Å². The first-order valence-corrected chi connectivity index (χ1v) is 3.46. The molecule has 1 aromatic heterocycles. The van der Waals surface area contributed by atoms with Crippen molar-refractivity contribution in [2.45, 2.75) is 6.42 Å². The number of aromatic nitrogens is 2. The largest absolute Gasteiger partial charge is 0.358 e. The Balaban J connectivity index is 2.58. The molecule has 7 heteroatoms. The van der Waals surface area contributed by atoms with E-state index in [9.17, 15) is 14.9 Å². The van der Waals surface area contributed by atoms with E-state index in [0.717, 1.165) is 0 Å². The van der Waals surface area contributed by atoms with Gasteiger partial charge in [0.2, 0.25) is 6.08 Å². The van der Waals surface area contributed by atoms with Gasteiger partial charge in [-0.05, 0) is 4.92 Å². The molecule has 1 heterocycles. The number of aromatic amines is 1. The number of nitrogens with zero attached hydrogens (tertiary/aromatic N) is 3. The SMILES string of the molecule is O=C=NCCc1cc([N+](=O)[O-])[nH]n1. The lowest BCUT2D eigenvalue weighted by Crippen LogP contribution is -1.88. The molecular formula is C6H6N4O3. The summed E-state index contributed by atoms with van der Waals surface area (Å²) in [6, 6.07) is 1.31. The normalized spacial score (nSPS) is 9.23. The van der Waals surface area contributed by atoms with Crippen molar-refractivity contribution < 1.29 is 9.72 Å². The van der Waals surface area contributed by atoms with Crippen LogP contribution < -0.4 is 0 Å². The van der Waals surface area contributed by atoms with Gasteiger partial charge in [0.05, 0.1) is 18.3 Å². The lowest BCUT2D eigenvalue weighted by molar-refractivity contribution is -0.389. The van der Waals surface area contributed by atoms with Gasteiger partial charge in [-0.3, -0.25) is 0 Å². The smallest absolute Gasteiger partial charge is 0.342 e. The van der Waals surface area contributed by atoms with Crippen LogP contribution in [0.4, 0.5) is 5.82 Å². The molecule has 0 amide bonds. The minimum absolute atomic E-state index is 0.162. The highest BCUT2D eigenvalue weighted by atomic mass is 16.6. The molecule has 0 radical (unpaired) electrons. The van der Waals surface area contributed by atoms with E-state index in [0.29, 0.717) is 12.1 Å². The van der Waals surface area contributed by atoms with Crippen molar-refractivity contribution in [1.82, 2.24) is 10.2 Å². The van der Waals surface area contributed by atoms with E-state index in [-0.39, 0.29) is 12.4 Å². The maximum atomic E-state index is 10.2.